The van der Waals surface area contributed by atoms with Gasteiger partial charge in [0.05, 0.1) is 0 Å². The van der Waals surface area contributed by atoms with Crippen LogP contribution in [0.25, 0.3) is 0 Å². The molecule has 2 fully saturated rings. The van der Waals surface area contributed by atoms with Crippen LogP contribution in [0.1, 0.15) is 19.4 Å². The Morgan fingerprint density at radius 2 is 1.76 bits per heavy atom. The number of hydrogen-bond donors (Lipinski definition) is 1. The SMILES string of the molecule is Cc1cccc(N2CCN(S(=O)(=O)CC(=O)N3CCNC(C)C3C)CC2)c1.Cl.Cl. The summed E-state index contributed by atoms with van der Waals surface area (Å²) in [5.74, 6) is -0.730. The van der Waals surface area contributed by atoms with E-state index in [0.717, 1.165) is 5.69 Å². The summed E-state index contributed by atoms with van der Waals surface area (Å²) >= 11 is 0. The summed E-state index contributed by atoms with van der Waals surface area (Å²) in [6, 6.07) is 8.40. The molecule has 0 spiro atoms. The second-order valence-corrected chi connectivity index (χ2v) is 9.52. The van der Waals surface area contributed by atoms with Gasteiger partial charge >= 0.3 is 0 Å². The lowest BCUT2D eigenvalue weighted by atomic mass is 10.1. The summed E-state index contributed by atoms with van der Waals surface area (Å²) in [6.07, 6.45) is 0. The van der Waals surface area contributed by atoms with Crippen LogP contribution in [-0.4, -0.2) is 80.6 Å². The fourth-order valence-electron chi connectivity index (χ4n) is 3.79. The summed E-state index contributed by atoms with van der Waals surface area (Å²) in [6.45, 7) is 9.39. The van der Waals surface area contributed by atoms with Gasteiger partial charge in [-0.25, -0.2) is 8.42 Å². The summed E-state index contributed by atoms with van der Waals surface area (Å²) in [5.41, 5.74) is 2.30. The molecule has 2 saturated heterocycles. The van der Waals surface area contributed by atoms with Crippen LogP contribution in [0, 0.1) is 6.92 Å². The van der Waals surface area contributed by atoms with Crippen LogP contribution >= 0.6 is 24.8 Å². The molecule has 0 bridgehead atoms. The maximum absolute atomic E-state index is 12.8. The molecule has 7 nitrogen and oxygen atoms in total. The normalized spacial score (nSPS) is 23.1. The number of nitrogens with zero attached hydrogens (tertiary/aromatic N) is 3. The second kappa shape index (κ2) is 10.8. The largest absolute Gasteiger partial charge is 0.369 e. The molecule has 1 N–H and O–H groups in total. The molecule has 2 aliphatic rings. The third kappa shape index (κ3) is 6.21. The average molecular weight is 467 g/mol. The van der Waals surface area contributed by atoms with Gasteiger partial charge in [-0.2, -0.15) is 4.31 Å². The van der Waals surface area contributed by atoms with E-state index in [2.05, 4.69) is 16.3 Å². The van der Waals surface area contributed by atoms with Gasteiger partial charge in [0.2, 0.25) is 15.9 Å². The van der Waals surface area contributed by atoms with E-state index in [9.17, 15) is 13.2 Å². The van der Waals surface area contributed by atoms with E-state index in [1.165, 1.54) is 9.87 Å². The highest BCUT2D eigenvalue weighted by Gasteiger charge is 2.34. The van der Waals surface area contributed by atoms with Gasteiger partial charge in [0.1, 0.15) is 5.75 Å². The molecule has 2 heterocycles. The highest BCUT2D eigenvalue weighted by Crippen LogP contribution is 2.19. The van der Waals surface area contributed by atoms with E-state index < -0.39 is 15.8 Å². The van der Waals surface area contributed by atoms with Crippen molar-refractivity contribution >= 4 is 46.4 Å². The topological polar surface area (TPSA) is 73.0 Å². The molecule has 10 heteroatoms. The number of rotatable bonds is 4. The number of hydrogen-bond acceptors (Lipinski definition) is 5. The summed E-state index contributed by atoms with van der Waals surface area (Å²) in [7, 11) is -3.59. The van der Waals surface area contributed by atoms with Crippen LogP contribution in [-0.2, 0) is 14.8 Å². The number of piperazine rings is 2. The molecular formula is C19H32Cl2N4O3S. The molecule has 166 valence electrons. The summed E-state index contributed by atoms with van der Waals surface area (Å²) in [4.78, 5) is 16.5. The molecule has 1 aromatic carbocycles. The molecule has 1 aromatic rings. The van der Waals surface area contributed by atoms with Gasteiger partial charge in [0.25, 0.3) is 0 Å². The predicted molar refractivity (Wildman–Crippen MR) is 122 cm³/mol. The lowest BCUT2D eigenvalue weighted by Crippen LogP contribution is -2.59. The van der Waals surface area contributed by atoms with E-state index in [0.29, 0.717) is 39.3 Å². The third-order valence-corrected chi connectivity index (χ3v) is 7.42. The molecule has 0 radical (unpaired) electrons. The zero-order valence-electron chi connectivity index (χ0n) is 17.2. The van der Waals surface area contributed by atoms with Crippen LogP contribution in [0.4, 0.5) is 5.69 Å². The number of benzene rings is 1. The highest BCUT2D eigenvalue weighted by molar-refractivity contribution is 7.89. The standard InChI is InChI=1S/C19H30N4O3S.2ClH/c1-15-5-4-6-18(13-15)21-9-11-22(12-10-21)27(25,26)14-19(24)23-8-7-20-16(2)17(23)3;;/h4-6,13,16-17,20H,7-12,14H2,1-3H3;2*1H. The maximum atomic E-state index is 12.8. The van der Waals surface area contributed by atoms with Crippen molar-refractivity contribution in [3.63, 3.8) is 0 Å². The Hall–Kier alpha value is -1.06. The number of carbonyl (C=O) groups is 1. The Kier molecular flexibility index (Phi) is 9.69. The van der Waals surface area contributed by atoms with E-state index >= 15 is 0 Å². The first-order valence-corrected chi connectivity index (χ1v) is 11.2. The first-order chi connectivity index (χ1) is 12.8. The molecule has 0 aromatic heterocycles. The number of sulfonamides is 1. The number of aryl methyl sites for hydroxylation is 1. The van der Waals surface area contributed by atoms with Gasteiger partial charge in [-0.05, 0) is 38.5 Å². The highest BCUT2D eigenvalue weighted by atomic mass is 35.5. The lowest BCUT2D eigenvalue weighted by Gasteiger charge is -2.39. The average Bonchev–Trinajstić information content (AvgIpc) is 2.63. The maximum Gasteiger partial charge on any atom is 0.239 e. The van der Waals surface area contributed by atoms with Crippen molar-refractivity contribution in [2.75, 3.05) is 49.9 Å². The van der Waals surface area contributed by atoms with Crippen molar-refractivity contribution in [1.29, 1.82) is 0 Å². The van der Waals surface area contributed by atoms with E-state index in [-0.39, 0.29) is 42.8 Å². The number of halogens is 2. The molecule has 2 atom stereocenters. The van der Waals surface area contributed by atoms with Crippen LogP contribution in [0.3, 0.4) is 0 Å². The molecular weight excluding hydrogens is 435 g/mol. The molecule has 0 aliphatic carbocycles. The van der Waals surface area contributed by atoms with Gasteiger partial charge in [0.15, 0.2) is 0 Å². The fraction of sp³-hybridized carbons (Fsp3) is 0.632. The van der Waals surface area contributed by atoms with Crippen LogP contribution in [0.5, 0.6) is 0 Å². The number of carbonyl (C=O) groups excluding carboxylic acids is 1. The third-order valence-electron chi connectivity index (χ3n) is 5.66. The van der Waals surface area contributed by atoms with Crippen molar-refractivity contribution < 1.29 is 13.2 Å². The monoisotopic (exact) mass is 466 g/mol. The fourth-order valence-corrected chi connectivity index (χ4v) is 5.17. The Bertz CT molecular complexity index is 785. The van der Waals surface area contributed by atoms with Gasteiger partial charge in [-0.15, -0.1) is 24.8 Å². The minimum Gasteiger partial charge on any atom is -0.369 e. The van der Waals surface area contributed by atoms with Crippen molar-refractivity contribution in [3.05, 3.63) is 29.8 Å². The van der Waals surface area contributed by atoms with Crippen LogP contribution in [0.15, 0.2) is 24.3 Å². The summed E-state index contributed by atoms with van der Waals surface area (Å²) < 4.78 is 27.0. The first kappa shape index (κ1) is 26.0. The minimum absolute atomic E-state index is 0. The van der Waals surface area contributed by atoms with Gasteiger partial charge in [-0.1, -0.05) is 12.1 Å². The summed E-state index contributed by atoms with van der Waals surface area (Å²) in [5, 5.41) is 3.31. The predicted octanol–water partition coefficient (Wildman–Crippen LogP) is 1.50. The van der Waals surface area contributed by atoms with Crippen molar-refractivity contribution in [3.8, 4) is 0 Å². The number of anilines is 1. The van der Waals surface area contributed by atoms with Crippen molar-refractivity contribution in [1.82, 2.24) is 14.5 Å². The quantitative estimate of drug-likeness (QED) is 0.727. The first-order valence-electron chi connectivity index (χ1n) is 9.60. The zero-order chi connectivity index (χ0) is 19.6. The van der Waals surface area contributed by atoms with Gasteiger partial charge < -0.3 is 15.1 Å². The Morgan fingerprint density at radius 1 is 1.10 bits per heavy atom. The Morgan fingerprint density at radius 3 is 2.38 bits per heavy atom. The molecule has 3 rings (SSSR count). The van der Waals surface area contributed by atoms with Crippen LogP contribution in [0.2, 0.25) is 0 Å². The minimum atomic E-state index is -3.59. The van der Waals surface area contributed by atoms with Gasteiger partial charge in [0, 0.05) is 57.0 Å². The lowest BCUT2D eigenvalue weighted by molar-refractivity contribution is -0.132. The van der Waals surface area contributed by atoms with Crippen molar-refractivity contribution in [2.24, 2.45) is 0 Å². The van der Waals surface area contributed by atoms with Crippen LogP contribution < -0.4 is 10.2 Å². The molecule has 29 heavy (non-hydrogen) atoms. The Labute approximate surface area is 186 Å². The molecule has 0 saturated carbocycles. The van der Waals surface area contributed by atoms with E-state index in [1.54, 1.807) is 4.90 Å². The molecule has 2 unspecified atom stereocenters. The van der Waals surface area contributed by atoms with E-state index in [1.807, 2.05) is 39.0 Å². The van der Waals surface area contributed by atoms with Gasteiger partial charge in [-0.3, -0.25) is 4.79 Å². The van der Waals surface area contributed by atoms with E-state index in [4.69, 9.17) is 0 Å². The van der Waals surface area contributed by atoms with Crippen molar-refractivity contribution in [2.45, 2.75) is 32.9 Å². The second-order valence-electron chi connectivity index (χ2n) is 7.55. The Balaban J connectivity index is 0.00000210. The smallest absolute Gasteiger partial charge is 0.239 e. The molecule has 2 aliphatic heterocycles. The number of nitrogens with one attached hydrogen (secondary N) is 1. The zero-order valence-corrected chi connectivity index (χ0v) is 19.7. The molecule has 1 amide bonds. The number of amides is 1.